The summed E-state index contributed by atoms with van der Waals surface area (Å²) in [7, 11) is 0. The zero-order valence-corrected chi connectivity index (χ0v) is 17.3. The first-order valence-corrected chi connectivity index (χ1v) is 9.55. The van der Waals surface area contributed by atoms with Crippen molar-refractivity contribution in [1.82, 2.24) is 0 Å². The first-order valence-electron chi connectivity index (χ1n) is 9.55. The summed E-state index contributed by atoms with van der Waals surface area (Å²) in [5, 5.41) is 9.71. The summed E-state index contributed by atoms with van der Waals surface area (Å²) in [5.41, 5.74) is 16.9. The van der Waals surface area contributed by atoms with Gasteiger partial charge in [-0.2, -0.15) is 0 Å². The standard InChI is InChI=1S/C25H28N2O/c1-15-9-20(10-16(2)24(15)26)13-21-11-17(3)25(18(4)12-21)27-19(5)22-7-6-8-23(28)14-22/h6-12,14,28H,13,26H2,1-5H3/b27-19+. The Morgan fingerprint density at radius 2 is 1.39 bits per heavy atom. The molecule has 0 bridgehead atoms. The number of benzene rings is 3. The van der Waals surface area contributed by atoms with Gasteiger partial charge in [0.25, 0.3) is 0 Å². The van der Waals surface area contributed by atoms with Gasteiger partial charge >= 0.3 is 0 Å². The molecule has 0 spiro atoms. The van der Waals surface area contributed by atoms with Crippen molar-refractivity contribution in [3.05, 3.63) is 87.5 Å². The summed E-state index contributed by atoms with van der Waals surface area (Å²) in [5.74, 6) is 0.255. The maximum Gasteiger partial charge on any atom is 0.116 e. The first kappa shape index (κ1) is 19.7. The van der Waals surface area contributed by atoms with Gasteiger partial charge in [0, 0.05) is 11.4 Å². The van der Waals surface area contributed by atoms with Crippen molar-refractivity contribution in [3.63, 3.8) is 0 Å². The Morgan fingerprint density at radius 1 is 0.857 bits per heavy atom. The summed E-state index contributed by atoms with van der Waals surface area (Å²) in [6.07, 6.45) is 0.874. The molecule has 0 saturated carbocycles. The van der Waals surface area contributed by atoms with Crippen LogP contribution in [0.5, 0.6) is 5.75 Å². The van der Waals surface area contributed by atoms with Crippen LogP contribution in [0.4, 0.5) is 11.4 Å². The summed E-state index contributed by atoms with van der Waals surface area (Å²) in [4.78, 5) is 4.85. The quantitative estimate of drug-likeness (QED) is 0.440. The Kier molecular flexibility index (Phi) is 5.55. The van der Waals surface area contributed by atoms with Crippen molar-refractivity contribution in [3.8, 4) is 5.75 Å². The van der Waals surface area contributed by atoms with E-state index in [2.05, 4.69) is 52.0 Å². The van der Waals surface area contributed by atoms with E-state index in [0.29, 0.717) is 0 Å². The van der Waals surface area contributed by atoms with Crippen molar-refractivity contribution in [2.75, 3.05) is 5.73 Å². The average molecular weight is 373 g/mol. The van der Waals surface area contributed by atoms with Crippen LogP contribution in [0.15, 0.2) is 53.5 Å². The van der Waals surface area contributed by atoms with E-state index in [1.54, 1.807) is 12.1 Å². The van der Waals surface area contributed by atoms with Crippen LogP contribution in [-0.2, 0) is 6.42 Å². The molecular weight excluding hydrogens is 344 g/mol. The van der Waals surface area contributed by atoms with E-state index in [1.165, 1.54) is 11.1 Å². The molecule has 0 aliphatic rings. The number of aryl methyl sites for hydroxylation is 4. The van der Waals surface area contributed by atoms with E-state index < -0.39 is 0 Å². The van der Waals surface area contributed by atoms with Gasteiger partial charge in [0.1, 0.15) is 5.75 Å². The van der Waals surface area contributed by atoms with E-state index >= 15 is 0 Å². The highest BCUT2D eigenvalue weighted by atomic mass is 16.3. The molecule has 3 heteroatoms. The van der Waals surface area contributed by atoms with Crippen LogP contribution in [0.3, 0.4) is 0 Å². The lowest BCUT2D eigenvalue weighted by atomic mass is 9.96. The molecule has 3 rings (SSSR count). The largest absolute Gasteiger partial charge is 0.508 e. The summed E-state index contributed by atoms with van der Waals surface area (Å²) in [6.45, 7) is 10.3. The number of phenols is 1. The number of aromatic hydroxyl groups is 1. The minimum absolute atomic E-state index is 0.255. The molecule has 0 radical (unpaired) electrons. The maximum atomic E-state index is 9.71. The van der Waals surface area contributed by atoms with Gasteiger partial charge in [-0.05, 0) is 92.1 Å². The monoisotopic (exact) mass is 372 g/mol. The Labute approximate surface area is 167 Å². The number of rotatable bonds is 4. The fourth-order valence-corrected chi connectivity index (χ4v) is 3.69. The van der Waals surface area contributed by atoms with Crippen LogP contribution in [0.25, 0.3) is 0 Å². The second-order valence-electron chi connectivity index (χ2n) is 7.65. The predicted octanol–water partition coefficient (Wildman–Crippen LogP) is 5.94. The fourth-order valence-electron chi connectivity index (χ4n) is 3.69. The van der Waals surface area contributed by atoms with Crippen LogP contribution in [-0.4, -0.2) is 10.8 Å². The molecule has 0 aromatic heterocycles. The molecule has 0 aliphatic carbocycles. The van der Waals surface area contributed by atoms with Crippen LogP contribution in [0.1, 0.15) is 45.9 Å². The van der Waals surface area contributed by atoms with Gasteiger partial charge in [-0.25, -0.2) is 0 Å². The molecule has 0 fully saturated rings. The molecule has 0 atom stereocenters. The van der Waals surface area contributed by atoms with Crippen molar-refractivity contribution < 1.29 is 5.11 Å². The number of nitrogen functional groups attached to an aromatic ring is 1. The number of aliphatic imine (C=N–C) groups is 1. The van der Waals surface area contributed by atoms with Crippen LogP contribution >= 0.6 is 0 Å². The van der Waals surface area contributed by atoms with Gasteiger partial charge < -0.3 is 10.8 Å². The number of nitrogens with zero attached hydrogens (tertiary/aromatic N) is 1. The minimum atomic E-state index is 0.255. The molecule has 0 saturated heterocycles. The zero-order valence-electron chi connectivity index (χ0n) is 17.3. The van der Waals surface area contributed by atoms with Gasteiger partial charge in [-0.3, -0.25) is 4.99 Å². The third kappa shape index (κ3) is 4.25. The second kappa shape index (κ2) is 7.89. The summed E-state index contributed by atoms with van der Waals surface area (Å²) < 4.78 is 0. The molecule has 28 heavy (non-hydrogen) atoms. The fraction of sp³-hybridized carbons (Fsp3) is 0.240. The van der Waals surface area contributed by atoms with E-state index in [1.807, 2.05) is 19.1 Å². The third-order valence-corrected chi connectivity index (χ3v) is 5.16. The van der Waals surface area contributed by atoms with Gasteiger partial charge in [0.05, 0.1) is 5.69 Å². The molecule has 0 amide bonds. The number of nitrogens with two attached hydrogens (primary N) is 1. The van der Waals surface area contributed by atoms with Crippen LogP contribution in [0.2, 0.25) is 0 Å². The molecular formula is C25H28N2O. The van der Waals surface area contributed by atoms with E-state index in [4.69, 9.17) is 10.7 Å². The topological polar surface area (TPSA) is 58.6 Å². The minimum Gasteiger partial charge on any atom is -0.508 e. The summed E-state index contributed by atoms with van der Waals surface area (Å²) in [6, 6.07) is 16.0. The Bertz CT molecular complexity index is 1020. The van der Waals surface area contributed by atoms with Crippen LogP contribution in [0, 0.1) is 27.7 Å². The number of hydrogen-bond acceptors (Lipinski definition) is 3. The van der Waals surface area contributed by atoms with Crippen molar-refractivity contribution in [2.45, 2.75) is 41.0 Å². The lowest BCUT2D eigenvalue weighted by molar-refractivity contribution is 0.475. The van der Waals surface area contributed by atoms with Gasteiger partial charge in [-0.15, -0.1) is 0 Å². The predicted molar refractivity (Wildman–Crippen MR) is 119 cm³/mol. The molecule has 3 aromatic rings. The van der Waals surface area contributed by atoms with Crippen molar-refractivity contribution in [1.29, 1.82) is 0 Å². The molecule has 0 unspecified atom stereocenters. The average Bonchev–Trinajstić information content (AvgIpc) is 2.62. The maximum absolute atomic E-state index is 9.71. The zero-order chi connectivity index (χ0) is 20.4. The molecule has 3 aromatic carbocycles. The highest BCUT2D eigenvalue weighted by Crippen LogP contribution is 2.28. The van der Waals surface area contributed by atoms with Gasteiger partial charge in [0.15, 0.2) is 0 Å². The normalized spacial score (nSPS) is 11.7. The van der Waals surface area contributed by atoms with E-state index in [-0.39, 0.29) is 5.75 Å². The number of anilines is 1. The highest BCUT2D eigenvalue weighted by Gasteiger charge is 2.09. The highest BCUT2D eigenvalue weighted by molar-refractivity contribution is 6.00. The van der Waals surface area contributed by atoms with E-state index in [9.17, 15) is 5.11 Å². The lowest BCUT2D eigenvalue weighted by Crippen LogP contribution is -1.98. The van der Waals surface area contributed by atoms with E-state index in [0.717, 1.165) is 51.3 Å². The van der Waals surface area contributed by atoms with Crippen molar-refractivity contribution >= 4 is 17.1 Å². The lowest BCUT2D eigenvalue weighted by Gasteiger charge is -2.13. The van der Waals surface area contributed by atoms with Gasteiger partial charge in [0.2, 0.25) is 0 Å². The van der Waals surface area contributed by atoms with Crippen LogP contribution < -0.4 is 5.73 Å². The Balaban J connectivity index is 1.92. The second-order valence-corrected chi connectivity index (χ2v) is 7.65. The number of hydrogen-bond donors (Lipinski definition) is 2. The molecule has 144 valence electrons. The van der Waals surface area contributed by atoms with Gasteiger partial charge in [-0.1, -0.05) is 36.4 Å². The molecule has 3 N–H and O–H groups in total. The number of phenolic OH excluding ortho intramolecular Hbond substituents is 1. The smallest absolute Gasteiger partial charge is 0.116 e. The van der Waals surface area contributed by atoms with Crippen molar-refractivity contribution in [2.24, 2.45) is 4.99 Å². The Morgan fingerprint density at radius 3 is 1.93 bits per heavy atom. The Hall–Kier alpha value is -3.07. The molecule has 3 nitrogen and oxygen atoms in total. The third-order valence-electron chi connectivity index (χ3n) is 5.16. The SMILES string of the molecule is C/C(=N\c1c(C)cc(Cc2cc(C)c(N)c(C)c2)cc1C)c1cccc(O)c1. The molecule has 0 aliphatic heterocycles. The first-order chi connectivity index (χ1) is 13.2. The summed E-state index contributed by atoms with van der Waals surface area (Å²) >= 11 is 0. The molecule has 0 heterocycles.